The second-order valence-electron chi connectivity index (χ2n) is 3.59. The maximum absolute atomic E-state index is 12.4. The number of carboxylic acid groups (broad SMARTS) is 1. The van der Waals surface area contributed by atoms with Gasteiger partial charge in [-0.1, -0.05) is 12.2 Å². The first-order valence-corrected chi connectivity index (χ1v) is 4.92. The number of aliphatic imine (C=N–C) groups is 1. The first-order valence-electron chi connectivity index (χ1n) is 4.92. The number of hydrogen-bond donors (Lipinski definition) is 3. The predicted octanol–water partition coefficient (Wildman–Crippen LogP) is 0.452. The third kappa shape index (κ3) is 5.45. The highest BCUT2D eigenvalue weighted by Crippen LogP contribution is 2.11. The van der Waals surface area contributed by atoms with Crippen molar-refractivity contribution in [2.75, 3.05) is 13.2 Å². The molecule has 1 atom stereocenters. The fourth-order valence-corrected chi connectivity index (χ4v) is 0.961. The van der Waals surface area contributed by atoms with Gasteiger partial charge in [0.1, 0.15) is 12.2 Å². The summed E-state index contributed by atoms with van der Waals surface area (Å²) in [6.45, 7) is 1.03. The summed E-state index contributed by atoms with van der Waals surface area (Å²) in [5, 5.41) is 8.68. The Bertz CT molecular complexity index is 288. The van der Waals surface area contributed by atoms with Crippen LogP contribution in [0.5, 0.6) is 0 Å². The van der Waals surface area contributed by atoms with Crippen LogP contribution in [0.1, 0.15) is 19.8 Å². The molecular formula is C10H18FN3O2. The molecule has 0 aliphatic rings. The number of nitrogens with zero attached hydrogens (tertiary/aromatic N) is 1. The molecule has 0 amide bonds. The van der Waals surface area contributed by atoms with E-state index in [1.165, 1.54) is 0 Å². The van der Waals surface area contributed by atoms with Crippen LogP contribution in [0.15, 0.2) is 17.1 Å². The van der Waals surface area contributed by atoms with Gasteiger partial charge in [-0.15, -0.1) is 0 Å². The Morgan fingerprint density at radius 3 is 2.62 bits per heavy atom. The van der Waals surface area contributed by atoms with Crippen molar-refractivity contribution in [2.24, 2.45) is 16.5 Å². The molecular weight excluding hydrogens is 213 g/mol. The molecule has 0 fully saturated rings. The molecule has 0 rings (SSSR count). The van der Waals surface area contributed by atoms with Crippen molar-refractivity contribution in [2.45, 2.75) is 25.3 Å². The van der Waals surface area contributed by atoms with Gasteiger partial charge >= 0.3 is 5.97 Å². The molecule has 0 spiro atoms. The summed E-state index contributed by atoms with van der Waals surface area (Å²) in [6.07, 6.45) is 3.90. The fraction of sp³-hybridized carbons (Fsp3) is 0.600. The number of carboxylic acids is 1. The van der Waals surface area contributed by atoms with Gasteiger partial charge in [0.15, 0.2) is 0 Å². The molecule has 0 aromatic heterocycles. The van der Waals surface area contributed by atoms with E-state index in [-0.39, 0.29) is 6.42 Å². The molecule has 0 aromatic carbocycles. The lowest BCUT2D eigenvalue weighted by Gasteiger charge is -2.19. The lowest BCUT2D eigenvalue weighted by atomic mass is 9.96. The van der Waals surface area contributed by atoms with Gasteiger partial charge in [0.05, 0.1) is 12.4 Å². The molecule has 5 N–H and O–H groups in total. The molecule has 1 unspecified atom stereocenters. The second-order valence-corrected chi connectivity index (χ2v) is 3.59. The van der Waals surface area contributed by atoms with Crippen LogP contribution in [0.25, 0.3) is 0 Å². The number of halogens is 1. The highest BCUT2D eigenvalue weighted by Gasteiger charge is 2.32. The van der Waals surface area contributed by atoms with Crippen LogP contribution in [-0.4, -0.2) is 35.7 Å². The number of amidine groups is 1. The molecule has 0 heterocycles. The Labute approximate surface area is 94.0 Å². The molecule has 92 valence electrons. The first kappa shape index (κ1) is 14.6. The van der Waals surface area contributed by atoms with Gasteiger partial charge in [0.25, 0.3) is 0 Å². The van der Waals surface area contributed by atoms with Crippen molar-refractivity contribution in [3.05, 3.63) is 12.2 Å². The maximum atomic E-state index is 12.4. The lowest BCUT2D eigenvalue weighted by Crippen LogP contribution is -2.49. The van der Waals surface area contributed by atoms with Crippen molar-refractivity contribution >= 4 is 11.8 Å². The molecule has 0 saturated carbocycles. The quantitative estimate of drug-likeness (QED) is 0.336. The van der Waals surface area contributed by atoms with Crippen LogP contribution in [0.4, 0.5) is 4.39 Å². The van der Waals surface area contributed by atoms with Gasteiger partial charge in [-0.3, -0.25) is 9.79 Å². The smallest absolute Gasteiger partial charge is 0.326 e. The number of aliphatic carboxylic acids is 1. The molecule has 0 aromatic rings. The second kappa shape index (κ2) is 6.95. The third-order valence-corrected chi connectivity index (χ3v) is 2.03. The van der Waals surface area contributed by atoms with Crippen molar-refractivity contribution < 1.29 is 14.3 Å². The Hall–Kier alpha value is -1.43. The van der Waals surface area contributed by atoms with Crippen molar-refractivity contribution in [1.29, 1.82) is 0 Å². The highest BCUT2D eigenvalue weighted by atomic mass is 19.1. The Balaban J connectivity index is 3.97. The Kier molecular flexibility index (Phi) is 6.32. The fourth-order valence-electron chi connectivity index (χ4n) is 0.961. The number of hydrogen-bond acceptors (Lipinski definition) is 3. The van der Waals surface area contributed by atoms with Gasteiger partial charge in [0.2, 0.25) is 0 Å². The minimum Gasteiger partial charge on any atom is -0.480 e. The van der Waals surface area contributed by atoms with Crippen LogP contribution < -0.4 is 11.5 Å². The number of alkyl halides is 1. The highest BCUT2D eigenvalue weighted by molar-refractivity contribution is 5.78. The Morgan fingerprint density at radius 2 is 2.19 bits per heavy atom. The van der Waals surface area contributed by atoms with Crippen molar-refractivity contribution in [3.8, 4) is 0 Å². The van der Waals surface area contributed by atoms with E-state index in [1.807, 2.05) is 0 Å². The van der Waals surface area contributed by atoms with E-state index in [0.29, 0.717) is 18.8 Å². The van der Waals surface area contributed by atoms with Gasteiger partial charge in [-0.05, 0) is 19.8 Å². The number of rotatable bonds is 7. The molecule has 6 heteroatoms. The summed E-state index contributed by atoms with van der Waals surface area (Å²) in [5.74, 6) is -0.841. The number of allylic oxidation sites excluding steroid dienone is 1. The van der Waals surface area contributed by atoms with E-state index < -0.39 is 18.2 Å². The molecule has 5 nitrogen and oxygen atoms in total. The normalized spacial score (nSPS) is 16.3. The van der Waals surface area contributed by atoms with E-state index in [4.69, 9.17) is 16.6 Å². The van der Waals surface area contributed by atoms with Gasteiger partial charge in [-0.2, -0.15) is 0 Å². The van der Waals surface area contributed by atoms with E-state index >= 15 is 0 Å². The van der Waals surface area contributed by atoms with E-state index in [2.05, 4.69) is 4.99 Å². The standard InChI is InChI=1S/C10H18FN3O2/c1-8(12)14-6-4-2-3-5-10(13,7-11)9(15)16/h2,4H,3,5-7,13H2,1H3,(H2,12,14)(H,15,16)/b4-2+. The van der Waals surface area contributed by atoms with Crippen LogP contribution in [-0.2, 0) is 4.79 Å². The minimum absolute atomic E-state index is 0.0562. The Morgan fingerprint density at radius 1 is 1.56 bits per heavy atom. The monoisotopic (exact) mass is 231 g/mol. The zero-order valence-corrected chi connectivity index (χ0v) is 9.32. The van der Waals surface area contributed by atoms with Crippen LogP contribution >= 0.6 is 0 Å². The zero-order valence-electron chi connectivity index (χ0n) is 9.32. The van der Waals surface area contributed by atoms with Crippen LogP contribution in [0.2, 0.25) is 0 Å². The molecule has 0 radical (unpaired) electrons. The first-order chi connectivity index (χ1) is 7.42. The summed E-state index contributed by atoms with van der Waals surface area (Å²) in [6, 6.07) is 0. The van der Waals surface area contributed by atoms with Gasteiger partial charge in [-0.25, -0.2) is 4.39 Å². The summed E-state index contributed by atoms with van der Waals surface area (Å²) < 4.78 is 12.4. The summed E-state index contributed by atoms with van der Waals surface area (Å²) in [5.41, 5.74) is 8.87. The minimum atomic E-state index is -1.78. The average Bonchev–Trinajstić information content (AvgIpc) is 2.22. The third-order valence-electron chi connectivity index (χ3n) is 2.03. The van der Waals surface area contributed by atoms with Crippen LogP contribution in [0.3, 0.4) is 0 Å². The lowest BCUT2D eigenvalue weighted by molar-refractivity contribution is -0.144. The molecule has 0 saturated heterocycles. The molecule has 0 bridgehead atoms. The number of nitrogens with two attached hydrogens (primary N) is 2. The van der Waals surface area contributed by atoms with E-state index in [1.54, 1.807) is 19.1 Å². The van der Waals surface area contributed by atoms with Crippen molar-refractivity contribution in [1.82, 2.24) is 0 Å². The molecule has 0 aliphatic carbocycles. The van der Waals surface area contributed by atoms with E-state index in [9.17, 15) is 9.18 Å². The molecule has 16 heavy (non-hydrogen) atoms. The largest absolute Gasteiger partial charge is 0.480 e. The zero-order chi connectivity index (χ0) is 12.6. The van der Waals surface area contributed by atoms with Gasteiger partial charge in [0, 0.05) is 0 Å². The van der Waals surface area contributed by atoms with Gasteiger partial charge < -0.3 is 16.6 Å². The summed E-state index contributed by atoms with van der Waals surface area (Å²) in [4.78, 5) is 14.5. The predicted molar refractivity (Wildman–Crippen MR) is 61.1 cm³/mol. The van der Waals surface area contributed by atoms with Crippen LogP contribution in [0, 0.1) is 0 Å². The summed E-state index contributed by atoms with van der Waals surface area (Å²) >= 11 is 0. The van der Waals surface area contributed by atoms with E-state index in [0.717, 1.165) is 0 Å². The van der Waals surface area contributed by atoms with Crippen molar-refractivity contribution in [3.63, 3.8) is 0 Å². The maximum Gasteiger partial charge on any atom is 0.326 e. The topological polar surface area (TPSA) is 102 Å². The molecule has 0 aliphatic heterocycles. The average molecular weight is 231 g/mol. The SMILES string of the molecule is CC(N)=NC/C=C/CCC(N)(CF)C(=O)O. The summed E-state index contributed by atoms with van der Waals surface area (Å²) in [7, 11) is 0. The number of carbonyl (C=O) groups is 1.